The third kappa shape index (κ3) is 5.41. The van der Waals surface area contributed by atoms with Crippen molar-refractivity contribution in [3.05, 3.63) is 100 Å². The molecule has 3 aromatic rings. The van der Waals surface area contributed by atoms with Crippen LogP contribution in [0.5, 0.6) is 11.5 Å². The van der Waals surface area contributed by atoms with Crippen LogP contribution in [-0.2, 0) is 16.1 Å². The maximum atomic E-state index is 13.1. The van der Waals surface area contributed by atoms with Crippen LogP contribution < -0.4 is 20.1 Å². The molecule has 1 atom stereocenters. The summed E-state index contributed by atoms with van der Waals surface area (Å²) < 4.78 is 16.8. The number of esters is 1. The minimum Gasteiger partial charge on any atom is -0.493 e. The smallest absolute Gasteiger partial charge is 0.338 e. The van der Waals surface area contributed by atoms with E-state index in [0.717, 1.165) is 5.56 Å². The number of nitrogens with one attached hydrogen (secondary N) is 2. The van der Waals surface area contributed by atoms with Gasteiger partial charge < -0.3 is 24.8 Å². The molecule has 2 N–H and O–H groups in total. The van der Waals surface area contributed by atoms with Crippen LogP contribution in [0.25, 0.3) is 5.70 Å². The molecule has 180 valence electrons. The first-order valence-electron chi connectivity index (χ1n) is 11.1. The van der Waals surface area contributed by atoms with Gasteiger partial charge in [0.2, 0.25) is 0 Å². The van der Waals surface area contributed by atoms with E-state index in [1.807, 2.05) is 48.5 Å². The van der Waals surface area contributed by atoms with Crippen LogP contribution in [0.15, 0.2) is 78.4 Å². The third-order valence-electron chi connectivity index (χ3n) is 5.46. The zero-order valence-electron chi connectivity index (χ0n) is 19.3. The van der Waals surface area contributed by atoms with Crippen LogP contribution >= 0.6 is 11.6 Å². The van der Waals surface area contributed by atoms with E-state index in [2.05, 4.69) is 10.6 Å². The van der Waals surface area contributed by atoms with Gasteiger partial charge in [0.15, 0.2) is 11.5 Å². The lowest BCUT2D eigenvalue weighted by Crippen LogP contribution is -2.45. The topological polar surface area (TPSA) is 85.9 Å². The molecule has 0 fully saturated rings. The molecule has 2 amide bonds. The van der Waals surface area contributed by atoms with E-state index in [1.165, 1.54) is 7.11 Å². The van der Waals surface area contributed by atoms with E-state index in [1.54, 1.807) is 31.2 Å². The summed E-state index contributed by atoms with van der Waals surface area (Å²) in [7, 11) is 1.51. The molecule has 0 aromatic heterocycles. The summed E-state index contributed by atoms with van der Waals surface area (Å²) in [6, 6.07) is 20.8. The monoisotopic (exact) mass is 492 g/mol. The molecule has 8 heteroatoms. The predicted octanol–water partition coefficient (Wildman–Crippen LogP) is 5.26. The molecule has 1 heterocycles. The van der Waals surface area contributed by atoms with Gasteiger partial charge in [0.25, 0.3) is 0 Å². The highest BCUT2D eigenvalue weighted by atomic mass is 35.5. The Bertz CT molecular complexity index is 1250. The van der Waals surface area contributed by atoms with Crippen molar-refractivity contribution < 1.29 is 23.8 Å². The van der Waals surface area contributed by atoms with Crippen molar-refractivity contribution in [2.45, 2.75) is 19.6 Å². The summed E-state index contributed by atoms with van der Waals surface area (Å²) in [5, 5.41) is 5.85. The van der Waals surface area contributed by atoms with E-state index in [0.29, 0.717) is 40.0 Å². The highest BCUT2D eigenvalue weighted by Gasteiger charge is 2.36. The highest BCUT2D eigenvalue weighted by Crippen LogP contribution is 2.41. The average molecular weight is 493 g/mol. The minimum atomic E-state index is -0.873. The third-order valence-corrected chi connectivity index (χ3v) is 5.79. The molecule has 0 spiro atoms. The summed E-state index contributed by atoms with van der Waals surface area (Å²) in [6.45, 7) is 2.22. The van der Waals surface area contributed by atoms with Crippen LogP contribution in [0.1, 0.15) is 29.7 Å². The molecular weight excluding hydrogens is 468 g/mol. The Labute approximate surface area is 208 Å². The maximum absolute atomic E-state index is 13.1. The zero-order valence-corrected chi connectivity index (χ0v) is 20.1. The first-order chi connectivity index (χ1) is 17.0. The molecule has 3 aromatic carbocycles. The number of amides is 2. The normalized spacial score (nSPS) is 15.2. The van der Waals surface area contributed by atoms with Gasteiger partial charge >= 0.3 is 12.0 Å². The quantitative estimate of drug-likeness (QED) is 0.419. The fraction of sp³-hybridized carbons (Fsp3) is 0.185. The minimum absolute atomic E-state index is 0.175. The fourth-order valence-corrected chi connectivity index (χ4v) is 4.10. The molecule has 1 aliphatic rings. The van der Waals surface area contributed by atoms with Crippen molar-refractivity contribution in [3.8, 4) is 11.5 Å². The fourth-order valence-electron chi connectivity index (χ4n) is 3.84. The first kappa shape index (κ1) is 24.2. The molecule has 4 rings (SSSR count). The van der Waals surface area contributed by atoms with Crippen molar-refractivity contribution in [2.75, 3.05) is 13.7 Å². The lowest BCUT2D eigenvalue weighted by atomic mass is 9.92. The standard InChI is InChI=1S/C27H25ClN2O5/c1-3-34-26(31)23-24(18-12-8-5-9-13-18)29-27(32)30-25(23)19-14-21(33-2)22(15-20(19)28)35-16-17-10-6-4-7-11-17/h4-15,25H,3,16H2,1-2H3,(H2,29,30,32)/t25-/m0/s1. The van der Waals surface area contributed by atoms with Gasteiger partial charge in [0, 0.05) is 11.6 Å². The van der Waals surface area contributed by atoms with Gasteiger partial charge in [-0.1, -0.05) is 72.3 Å². The number of carbonyl (C=O) groups excluding carboxylic acids is 2. The Morgan fingerprint density at radius 3 is 2.34 bits per heavy atom. The summed E-state index contributed by atoms with van der Waals surface area (Å²) >= 11 is 6.68. The van der Waals surface area contributed by atoms with Gasteiger partial charge in [-0.25, -0.2) is 9.59 Å². The molecule has 7 nitrogen and oxygen atoms in total. The predicted molar refractivity (Wildman–Crippen MR) is 133 cm³/mol. The summed E-state index contributed by atoms with van der Waals surface area (Å²) in [6.07, 6.45) is 0. The lowest BCUT2D eigenvalue weighted by molar-refractivity contribution is -0.138. The van der Waals surface area contributed by atoms with E-state index < -0.39 is 18.0 Å². The van der Waals surface area contributed by atoms with Gasteiger partial charge in [-0.3, -0.25) is 0 Å². The van der Waals surface area contributed by atoms with E-state index >= 15 is 0 Å². The van der Waals surface area contributed by atoms with Crippen LogP contribution in [0, 0.1) is 0 Å². The zero-order chi connectivity index (χ0) is 24.8. The van der Waals surface area contributed by atoms with Gasteiger partial charge in [0.05, 0.1) is 36.1 Å². The number of urea groups is 1. The van der Waals surface area contributed by atoms with E-state index in [4.69, 9.17) is 25.8 Å². The Morgan fingerprint density at radius 1 is 1.00 bits per heavy atom. The van der Waals surface area contributed by atoms with Crippen LogP contribution in [0.2, 0.25) is 5.02 Å². The van der Waals surface area contributed by atoms with Crippen molar-refractivity contribution in [1.82, 2.24) is 10.6 Å². The lowest BCUT2D eigenvalue weighted by Gasteiger charge is -2.30. The van der Waals surface area contributed by atoms with Gasteiger partial charge in [0.1, 0.15) is 6.61 Å². The number of benzene rings is 3. The largest absolute Gasteiger partial charge is 0.493 e. The second-order valence-corrected chi connectivity index (χ2v) is 8.11. The number of ether oxygens (including phenoxy) is 3. The molecule has 0 saturated carbocycles. The molecule has 35 heavy (non-hydrogen) atoms. The van der Waals surface area contributed by atoms with E-state index in [9.17, 15) is 9.59 Å². The highest BCUT2D eigenvalue weighted by molar-refractivity contribution is 6.31. The molecule has 0 aliphatic carbocycles. The van der Waals surface area contributed by atoms with Crippen molar-refractivity contribution >= 4 is 29.3 Å². The van der Waals surface area contributed by atoms with Crippen molar-refractivity contribution in [1.29, 1.82) is 0 Å². The van der Waals surface area contributed by atoms with Crippen LogP contribution in [0.3, 0.4) is 0 Å². The number of methoxy groups -OCH3 is 1. The Hall–Kier alpha value is -3.97. The average Bonchev–Trinajstić information content (AvgIpc) is 2.88. The maximum Gasteiger partial charge on any atom is 0.338 e. The summed E-state index contributed by atoms with van der Waals surface area (Å²) in [5.74, 6) is 0.288. The van der Waals surface area contributed by atoms with Crippen molar-refractivity contribution in [2.24, 2.45) is 0 Å². The van der Waals surface area contributed by atoms with Gasteiger partial charge in [-0.2, -0.15) is 0 Å². The van der Waals surface area contributed by atoms with Crippen LogP contribution in [-0.4, -0.2) is 25.7 Å². The van der Waals surface area contributed by atoms with Gasteiger partial charge in [-0.15, -0.1) is 0 Å². The number of halogens is 1. The first-order valence-corrected chi connectivity index (χ1v) is 11.5. The Balaban J connectivity index is 1.77. The van der Waals surface area contributed by atoms with Crippen molar-refractivity contribution in [3.63, 3.8) is 0 Å². The number of hydrogen-bond donors (Lipinski definition) is 2. The van der Waals surface area contributed by atoms with Gasteiger partial charge in [-0.05, 0) is 24.1 Å². The van der Waals surface area contributed by atoms with Crippen LogP contribution in [0.4, 0.5) is 4.79 Å². The summed E-state index contributed by atoms with van der Waals surface area (Å²) in [5.41, 5.74) is 2.72. The molecule has 0 saturated heterocycles. The molecular formula is C27H25ClN2O5. The van der Waals surface area contributed by atoms with E-state index in [-0.39, 0.29) is 12.2 Å². The Kier molecular flexibility index (Phi) is 7.57. The number of hydrogen-bond acceptors (Lipinski definition) is 5. The molecule has 1 aliphatic heterocycles. The number of carbonyl (C=O) groups is 2. The second-order valence-electron chi connectivity index (χ2n) is 7.71. The Morgan fingerprint density at radius 2 is 1.69 bits per heavy atom. The molecule has 0 unspecified atom stereocenters. The second kappa shape index (κ2) is 11.0. The molecule has 0 radical (unpaired) electrons. The summed E-state index contributed by atoms with van der Waals surface area (Å²) in [4.78, 5) is 25.7. The SMILES string of the molecule is CCOC(=O)C1=C(c2ccccc2)NC(=O)N[C@H]1c1cc(OC)c(OCc2ccccc2)cc1Cl. The molecule has 0 bridgehead atoms. The number of rotatable bonds is 8.